The Bertz CT molecular complexity index is 433. The maximum Gasteiger partial charge on any atom is 0.220 e. The SMILES string of the molecule is CCC.CCC(C)CC(=O)N[C@@H]1CCCc2ccccc21.[HH]. The number of nitrogens with one attached hydrogen (secondary N) is 1. The Morgan fingerprint density at radius 2 is 2.00 bits per heavy atom. The molecule has 1 unspecified atom stereocenters. The highest BCUT2D eigenvalue weighted by Crippen LogP contribution is 2.29. The molecule has 1 N–H and O–H groups in total. The van der Waals surface area contributed by atoms with Gasteiger partial charge in [0.25, 0.3) is 0 Å². The zero-order valence-electron chi connectivity index (χ0n) is 14.1. The van der Waals surface area contributed by atoms with Crippen molar-refractivity contribution in [1.29, 1.82) is 0 Å². The third kappa shape index (κ3) is 5.91. The van der Waals surface area contributed by atoms with Gasteiger partial charge < -0.3 is 5.32 Å². The lowest BCUT2D eigenvalue weighted by atomic mass is 9.87. The number of hydrogen-bond acceptors (Lipinski definition) is 1. The van der Waals surface area contributed by atoms with Gasteiger partial charge in [0.1, 0.15) is 0 Å². The summed E-state index contributed by atoms with van der Waals surface area (Å²) in [6, 6.07) is 8.72. The second-order valence-corrected chi connectivity index (χ2v) is 6.14. The highest BCUT2D eigenvalue weighted by Gasteiger charge is 2.21. The number of hydrogen-bond donors (Lipinski definition) is 1. The average molecular weight is 291 g/mol. The molecular weight excluding hydrogens is 258 g/mol. The molecule has 21 heavy (non-hydrogen) atoms. The van der Waals surface area contributed by atoms with Crippen LogP contribution in [0.4, 0.5) is 0 Å². The van der Waals surface area contributed by atoms with E-state index >= 15 is 0 Å². The number of carbonyl (C=O) groups is 1. The molecule has 2 atom stereocenters. The van der Waals surface area contributed by atoms with Crippen molar-refractivity contribution in [3.63, 3.8) is 0 Å². The molecule has 0 saturated carbocycles. The van der Waals surface area contributed by atoms with Crippen LogP contribution >= 0.6 is 0 Å². The number of amides is 1. The average Bonchev–Trinajstić information content (AvgIpc) is 2.48. The Hall–Kier alpha value is -1.31. The Morgan fingerprint density at radius 1 is 1.33 bits per heavy atom. The summed E-state index contributed by atoms with van der Waals surface area (Å²) >= 11 is 0. The first kappa shape index (κ1) is 17.7. The van der Waals surface area contributed by atoms with E-state index in [1.165, 1.54) is 24.0 Å². The number of benzene rings is 1. The minimum absolute atomic E-state index is 0. The van der Waals surface area contributed by atoms with E-state index in [1.807, 2.05) is 0 Å². The zero-order chi connectivity index (χ0) is 15.7. The molecule has 0 bridgehead atoms. The van der Waals surface area contributed by atoms with Crippen molar-refractivity contribution < 1.29 is 6.22 Å². The summed E-state index contributed by atoms with van der Waals surface area (Å²) in [5.41, 5.74) is 2.72. The van der Waals surface area contributed by atoms with Crippen molar-refractivity contribution in [3.8, 4) is 0 Å². The molecular formula is C19H33NO. The molecule has 2 rings (SSSR count). The van der Waals surface area contributed by atoms with E-state index < -0.39 is 0 Å². The summed E-state index contributed by atoms with van der Waals surface area (Å²) in [6.07, 6.45) is 6.35. The Balaban J connectivity index is 0.00000102. The van der Waals surface area contributed by atoms with Gasteiger partial charge in [0.05, 0.1) is 6.04 Å². The van der Waals surface area contributed by atoms with Gasteiger partial charge in [0.15, 0.2) is 0 Å². The summed E-state index contributed by atoms with van der Waals surface area (Å²) in [7, 11) is 0. The topological polar surface area (TPSA) is 29.1 Å². The Kier molecular flexibility index (Phi) is 8.11. The van der Waals surface area contributed by atoms with Crippen molar-refractivity contribution in [2.75, 3.05) is 0 Å². The largest absolute Gasteiger partial charge is 0.349 e. The molecule has 0 saturated heterocycles. The van der Waals surface area contributed by atoms with Gasteiger partial charge in [-0.2, -0.15) is 0 Å². The predicted octanol–water partition coefficient (Wildman–Crippen LogP) is 5.28. The van der Waals surface area contributed by atoms with Crippen LogP contribution in [-0.2, 0) is 11.2 Å². The Morgan fingerprint density at radius 3 is 2.67 bits per heavy atom. The van der Waals surface area contributed by atoms with Gasteiger partial charge in [-0.1, -0.05) is 64.8 Å². The fraction of sp³-hybridized carbons (Fsp3) is 0.632. The van der Waals surface area contributed by atoms with E-state index in [0.717, 1.165) is 19.3 Å². The van der Waals surface area contributed by atoms with E-state index in [2.05, 4.69) is 57.3 Å². The third-order valence-electron chi connectivity index (χ3n) is 3.94. The highest BCUT2D eigenvalue weighted by molar-refractivity contribution is 5.76. The van der Waals surface area contributed by atoms with E-state index in [9.17, 15) is 4.79 Å². The molecule has 1 aliphatic rings. The molecule has 0 aromatic heterocycles. The molecule has 2 heteroatoms. The Labute approximate surface area is 131 Å². The van der Waals surface area contributed by atoms with Gasteiger partial charge in [-0.15, -0.1) is 0 Å². The van der Waals surface area contributed by atoms with E-state index in [-0.39, 0.29) is 13.4 Å². The van der Waals surface area contributed by atoms with Crippen LogP contribution in [0.25, 0.3) is 0 Å². The third-order valence-corrected chi connectivity index (χ3v) is 3.94. The van der Waals surface area contributed by atoms with Crippen molar-refractivity contribution >= 4 is 5.91 Å². The summed E-state index contributed by atoms with van der Waals surface area (Å²) < 4.78 is 0. The molecule has 0 heterocycles. The van der Waals surface area contributed by atoms with E-state index in [0.29, 0.717) is 12.3 Å². The zero-order valence-corrected chi connectivity index (χ0v) is 14.1. The summed E-state index contributed by atoms with van der Waals surface area (Å²) in [4.78, 5) is 12.0. The molecule has 2 nitrogen and oxygen atoms in total. The van der Waals surface area contributed by atoms with Crippen LogP contribution in [0.15, 0.2) is 24.3 Å². The van der Waals surface area contributed by atoms with Crippen molar-refractivity contribution in [1.82, 2.24) is 5.32 Å². The minimum atomic E-state index is 0. The van der Waals surface area contributed by atoms with Crippen molar-refractivity contribution in [2.24, 2.45) is 5.92 Å². The molecule has 0 spiro atoms. The normalized spacial score (nSPS) is 18.0. The molecule has 0 aliphatic heterocycles. The highest BCUT2D eigenvalue weighted by atomic mass is 16.1. The smallest absolute Gasteiger partial charge is 0.220 e. The molecule has 1 aromatic rings. The predicted molar refractivity (Wildman–Crippen MR) is 92.4 cm³/mol. The monoisotopic (exact) mass is 291 g/mol. The van der Waals surface area contributed by atoms with Crippen LogP contribution in [0, 0.1) is 5.92 Å². The van der Waals surface area contributed by atoms with Crippen LogP contribution in [0.5, 0.6) is 0 Å². The lowest BCUT2D eigenvalue weighted by molar-refractivity contribution is -0.122. The molecule has 0 radical (unpaired) electrons. The second-order valence-electron chi connectivity index (χ2n) is 6.14. The maximum absolute atomic E-state index is 12.0. The van der Waals surface area contributed by atoms with Gasteiger partial charge in [0.2, 0.25) is 5.91 Å². The summed E-state index contributed by atoms with van der Waals surface area (Å²) in [5, 5.41) is 3.20. The fourth-order valence-corrected chi connectivity index (χ4v) is 2.62. The maximum atomic E-state index is 12.0. The van der Waals surface area contributed by atoms with Gasteiger partial charge in [-0.05, 0) is 36.3 Å². The van der Waals surface area contributed by atoms with E-state index in [1.54, 1.807) is 0 Å². The summed E-state index contributed by atoms with van der Waals surface area (Å²) in [6.45, 7) is 8.52. The molecule has 1 amide bonds. The number of aryl methyl sites for hydroxylation is 1. The number of carbonyl (C=O) groups excluding carboxylic acids is 1. The van der Waals surface area contributed by atoms with Crippen molar-refractivity contribution in [3.05, 3.63) is 35.4 Å². The van der Waals surface area contributed by atoms with Crippen LogP contribution < -0.4 is 5.32 Å². The molecule has 120 valence electrons. The molecule has 1 aliphatic carbocycles. The quantitative estimate of drug-likeness (QED) is 0.803. The number of rotatable bonds is 4. The number of fused-ring (bicyclic) bond motifs is 1. The van der Waals surface area contributed by atoms with Gasteiger partial charge >= 0.3 is 0 Å². The van der Waals surface area contributed by atoms with Gasteiger partial charge in [-0.3, -0.25) is 4.79 Å². The van der Waals surface area contributed by atoms with Crippen molar-refractivity contribution in [2.45, 2.75) is 72.3 Å². The van der Waals surface area contributed by atoms with Crippen LogP contribution in [0.3, 0.4) is 0 Å². The molecule has 0 fully saturated rings. The standard InChI is InChI=1S/C16H23NO.C3H8.H2/c1-3-12(2)11-16(18)17-15-10-6-8-13-7-4-5-9-14(13)15;1-3-2;/h4-5,7,9,12,15H,3,6,8,10-11H2,1-2H3,(H,17,18);3H2,1-2H3;1H/t12?,15-;;/m1../s1. The van der Waals surface area contributed by atoms with Crippen LogP contribution in [-0.4, -0.2) is 5.91 Å². The second kappa shape index (κ2) is 9.59. The lowest BCUT2D eigenvalue weighted by Crippen LogP contribution is -2.31. The lowest BCUT2D eigenvalue weighted by Gasteiger charge is -2.26. The van der Waals surface area contributed by atoms with Gasteiger partial charge in [0, 0.05) is 7.85 Å². The summed E-state index contributed by atoms with van der Waals surface area (Å²) in [5.74, 6) is 0.676. The fourth-order valence-electron chi connectivity index (χ4n) is 2.62. The van der Waals surface area contributed by atoms with E-state index in [4.69, 9.17) is 0 Å². The minimum Gasteiger partial charge on any atom is -0.349 e. The van der Waals surface area contributed by atoms with Crippen LogP contribution in [0.2, 0.25) is 0 Å². The first-order valence-corrected chi connectivity index (χ1v) is 8.49. The van der Waals surface area contributed by atoms with Crippen LogP contribution in [0.1, 0.15) is 78.4 Å². The first-order valence-electron chi connectivity index (χ1n) is 8.49. The molecule has 1 aromatic carbocycles. The first-order chi connectivity index (χ1) is 10.1. The van der Waals surface area contributed by atoms with Gasteiger partial charge in [-0.25, -0.2) is 0 Å².